The second kappa shape index (κ2) is 8.24. The van der Waals surface area contributed by atoms with Crippen LogP contribution < -0.4 is 4.90 Å². The van der Waals surface area contributed by atoms with Crippen molar-refractivity contribution in [3.8, 4) is 5.75 Å². The second-order valence-corrected chi connectivity index (χ2v) is 7.48. The molecule has 3 aromatic carbocycles. The van der Waals surface area contributed by atoms with Crippen LogP contribution in [-0.2, 0) is 4.79 Å². The third-order valence-corrected chi connectivity index (χ3v) is 5.54. The number of carbonyl (C=O) groups is 1. The molecule has 0 radical (unpaired) electrons. The summed E-state index contributed by atoms with van der Waals surface area (Å²) < 4.78 is 26.8. The van der Waals surface area contributed by atoms with Crippen LogP contribution >= 0.6 is 0 Å². The van der Waals surface area contributed by atoms with Gasteiger partial charge in [-0.2, -0.15) is 0 Å². The Morgan fingerprint density at radius 2 is 1.63 bits per heavy atom. The summed E-state index contributed by atoms with van der Waals surface area (Å²) in [5.41, 5.74) is 1.89. The number of amides is 1. The first-order valence-corrected chi connectivity index (χ1v) is 9.75. The van der Waals surface area contributed by atoms with Gasteiger partial charge < -0.3 is 15.1 Å². The van der Waals surface area contributed by atoms with E-state index in [4.69, 9.17) is 0 Å². The van der Waals surface area contributed by atoms with E-state index in [1.807, 2.05) is 0 Å². The monoisotopic (exact) mass is 409 g/mol. The summed E-state index contributed by atoms with van der Waals surface area (Å²) in [6, 6.07) is 17.8. The molecule has 0 saturated carbocycles. The lowest BCUT2D eigenvalue weighted by atomic mass is 9.78. The van der Waals surface area contributed by atoms with Crippen LogP contribution in [0.15, 0.2) is 72.8 Å². The Labute approximate surface area is 173 Å². The minimum atomic E-state index is -0.881. The standard InChI is InChI=1S/C24H21F2NO3/c25-17-6-8-19(9-7-17)27-23(15-4-10-20(28)11-5-15)21(24(27)30)12-13-22(29)16-2-1-3-18(26)14-16/h1-11,14,21-23,28-29H,12-13H2/t21-,22+,23-/m1/s1. The summed E-state index contributed by atoms with van der Waals surface area (Å²) in [6.07, 6.45) is -0.181. The van der Waals surface area contributed by atoms with Crippen molar-refractivity contribution >= 4 is 11.6 Å². The molecule has 3 atom stereocenters. The molecule has 4 nitrogen and oxygen atoms in total. The molecule has 1 fully saturated rings. The van der Waals surface area contributed by atoms with Gasteiger partial charge in [-0.25, -0.2) is 8.78 Å². The Kier molecular flexibility index (Phi) is 5.50. The Bertz CT molecular complexity index is 1040. The van der Waals surface area contributed by atoms with Crippen LogP contribution in [0.4, 0.5) is 14.5 Å². The van der Waals surface area contributed by atoms with Crippen LogP contribution in [0.2, 0.25) is 0 Å². The largest absolute Gasteiger partial charge is 0.508 e. The van der Waals surface area contributed by atoms with Gasteiger partial charge in [0.1, 0.15) is 17.4 Å². The van der Waals surface area contributed by atoms with Crippen LogP contribution in [0, 0.1) is 17.6 Å². The Morgan fingerprint density at radius 3 is 2.30 bits per heavy atom. The number of benzene rings is 3. The van der Waals surface area contributed by atoms with Gasteiger partial charge in [-0.15, -0.1) is 0 Å². The highest BCUT2D eigenvalue weighted by atomic mass is 19.1. The number of nitrogens with zero attached hydrogens (tertiary/aromatic N) is 1. The first-order chi connectivity index (χ1) is 14.4. The van der Waals surface area contributed by atoms with Crippen LogP contribution in [0.1, 0.15) is 36.1 Å². The molecule has 6 heteroatoms. The predicted octanol–water partition coefficient (Wildman–Crippen LogP) is 4.89. The average molecular weight is 409 g/mol. The lowest BCUT2D eigenvalue weighted by Gasteiger charge is -2.48. The van der Waals surface area contributed by atoms with E-state index < -0.39 is 11.9 Å². The molecule has 0 unspecified atom stereocenters. The maximum Gasteiger partial charge on any atom is 0.233 e. The van der Waals surface area contributed by atoms with Crippen LogP contribution in [0.5, 0.6) is 5.75 Å². The molecule has 154 valence electrons. The van der Waals surface area contributed by atoms with Crippen molar-refractivity contribution in [1.29, 1.82) is 0 Å². The zero-order chi connectivity index (χ0) is 21.3. The number of halogens is 2. The second-order valence-electron chi connectivity index (χ2n) is 7.48. The maximum atomic E-state index is 13.4. The Balaban J connectivity index is 1.56. The number of anilines is 1. The maximum absolute atomic E-state index is 13.4. The highest BCUT2D eigenvalue weighted by Gasteiger charge is 2.48. The number of phenols is 1. The van der Waals surface area contributed by atoms with Crippen molar-refractivity contribution in [3.63, 3.8) is 0 Å². The smallest absolute Gasteiger partial charge is 0.233 e. The Hall–Kier alpha value is -3.25. The van der Waals surface area contributed by atoms with Gasteiger partial charge in [-0.3, -0.25) is 4.79 Å². The summed E-state index contributed by atoms with van der Waals surface area (Å²) in [7, 11) is 0. The van der Waals surface area contributed by atoms with Gasteiger partial charge in [0.05, 0.1) is 18.1 Å². The van der Waals surface area contributed by atoms with Gasteiger partial charge in [-0.05, 0) is 72.5 Å². The molecule has 1 aliphatic heterocycles. The molecule has 0 aromatic heterocycles. The van der Waals surface area contributed by atoms with Crippen molar-refractivity contribution in [1.82, 2.24) is 0 Å². The highest BCUT2D eigenvalue weighted by molar-refractivity contribution is 6.03. The van der Waals surface area contributed by atoms with E-state index in [1.165, 1.54) is 30.3 Å². The van der Waals surface area contributed by atoms with Crippen molar-refractivity contribution in [2.75, 3.05) is 4.90 Å². The first-order valence-electron chi connectivity index (χ1n) is 9.75. The molecule has 0 spiro atoms. The van der Waals surface area contributed by atoms with Crippen molar-refractivity contribution < 1.29 is 23.8 Å². The number of carbonyl (C=O) groups excluding carboxylic acids is 1. The minimum absolute atomic E-state index is 0.119. The van der Waals surface area contributed by atoms with E-state index >= 15 is 0 Å². The van der Waals surface area contributed by atoms with Crippen molar-refractivity contribution in [2.45, 2.75) is 25.0 Å². The molecule has 1 saturated heterocycles. The fourth-order valence-corrected chi connectivity index (χ4v) is 3.99. The molecule has 1 amide bonds. The molecule has 30 heavy (non-hydrogen) atoms. The van der Waals surface area contributed by atoms with Gasteiger partial charge in [0.2, 0.25) is 5.91 Å². The van der Waals surface area contributed by atoms with Gasteiger partial charge in [-0.1, -0.05) is 24.3 Å². The SMILES string of the molecule is O=C1[C@H](CC[C@H](O)c2cccc(F)c2)[C@@H](c2ccc(O)cc2)N1c1ccc(F)cc1. The van der Waals surface area contributed by atoms with Gasteiger partial charge in [0.15, 0.2) is 0 Å². The molecule has 4 rings (SSSR count). The summed E-state index contributed by atoms with van der Waals surface area (Å²) in [4.78, 5) is 14.5. The highest BCUT2D eigenvalue weighted by Crippen LogP contribution is 2.46. The molecule has 3 aromatic rings. The zero-order valence-corrected chi connectivity index (χ0v) is 16.1. The zero-order valence-electron chi connectivity index (χ0n) is 16.1. The number of β-lactam (4-membered cyclic amide) rings is 1. The quantitative estimate of drug-likeness (QED) is 0.570. The lowest BCUT2D eigenvalue weighted by molar-refractivity contribution is -0.131. The number of hydrogen-bond donors (Lipinski definition) is 2. The average Bonchev–Trinajstić information content (AvgIpc) is 2.74. The molecule has 1 aliphatic rings. The number of phenolic OH excluding ortho intramolecular Hbond substituents is 1. The topological polar surface area (TPSA) is 60.8 Å². The Morgan fingerprint density at radius 1 is 0.933 bits per heavy atom. The van der Waals surface area contributed by atoms with E-state index in [1.54, 1.807) is 47.4 Å². The van der Waals surface area contributed by atoms with Crippen molar-refractivity contribution in [3.05, 3.63) is 95.6 Å². The molecule has 1 heterocycles. The minimum Gasteiger partial charge on any atom is -0.508 e. The van der Waals surface area contributed by atoms with E-state index in [2.05, 4.69) is 0 Å². The van der Waals surface area contributed by atoms with Gasteiger partial charge in [0, 0.05) is 5.69 Å². The summed E-state index contributed by atoms with van der Waals surface area (Å²) in [5.74, 6) is -1.19. The summed E-state index contributed by atoms with van der Waals surface area (Å²) >= 11 is 0. The molecular weight excluding hydrogens is 388 g/mol. The molecule has 0 bridgehead atoms. The van der Waals surface area contributed by atoms with E-state index in [-0.39, 0.29) is 29.4 Å². The van der Waals surface area contributed by atoms with Gasteiger partial charge >= 0.3 is 0 Å². The number of aromatic hydroxyl groups is 1. The first kappa shape index (κ1) is 20.0. The lowest BCUT2D eigenvalue weighted by Crippen LogP contribution is -2.55. The molecular formula is C24H21F2NO3. The van der Waals surface area contributed by atoms with Crippen LogP contribution in [-0.4, -0.2) is 16.1 Å². The third-order valence-electron chi connectivity index (χ3n) is 5.54. The predicted molar refractivity (Wildman–Crippen MR) is 109 cm³/mol. The van der Waals surface area contributed by atoms with Crippen molar-refractivity contribution in [2.24, 2.45) is 5.92 Å². The normalized spacial score (nSPS) is 19.4. The summed E-state index contributed by atoms with van der Waals surface area (Å²) in [6.45, 7) is 0. The van der Waals surface area contributed by atoms with Gasteiger partial charge in [0.25, 0.3) is 0 Å². The fraction of sp³-hybridized carbons (Fsp3) is 0.208. The molecule has 0 aliphatic carbocycles. The van der Waals surface area contributed by atoms with E-state index in [0.717, 1.165) is 5.56 Å². The van der Waals surface area contributed by atoms with Crippen LogP contribution in [0.25, 0.3) is 0 Å². The number of aliphatic hydroxyl groups is 1. The summed E-state index contributed by atoms with van der Waals surface area (Å²) in [5, 5.41) is 20.0. The number of rotatable bonds is 6. The fourth-order valence-electron chi connectivity index (χ4n) is 3.99. The van der Waals surface area contributed by atoms with E-state index in [9.17, 15) is 23.8 Å². The number of aliphatic hydroxyl groups excluding tert-OH is 1. The third kappa shape index (κ3) is 3.91. The van der Waals surface area contributed by atoms with E-state index in [0.29, 0.717) is 24.1 Å². The molecule has 2 N–H and O–H groups in total. The van der Waals surface area contributed by atoms with Crippen LogP contribution in [0.3, 0.4) is 0 Å². The number of hydrogen-bond acceptors (Lipinski definition) is 3.